The lowest BCUT2D eigenvalue weighted by Crippen LogP contribution is -2.54. The lowest BCUT2D eigenvalue weighted by Gasteiger charge is -2.50. The van der Waals surface area contributed by atoms with Crippen LogP contribution in [0.3, 0.4) is 0 Å². The van der Waals surface area contributed by atoms with E-state index in [1.165, 1.54) is 4.88 Å². The van der Waals surface area contributed by atoms with Gasteiger partial charge in [0.15, 0.2) is 0 Å². The molecule has 1 aliphatic rings. The number of quaternary nitrogens is 1. The molecular formula is C19H26ClNO2S. The van der Waals surface area contributed by atoms with Gasteiger partial charge in [-0.1, -0.05) is 25.1 Å². The Morgan fingerprint density at radius 3 is 2.79 bits per heavy atom. The molecule has 1 aromatic carbocycles. The molecule has 1 unspecified atom stereocenters. The van der Waals surface area contributed by atoms with Crippen LogP contribution >= 0.6 is 23.7 Å². The molecule has 3 nitrogen and oxygen atoms in total. The van der Waals surface area contributed by atoms with Crippen molar-refractivity contribution in [1.82, 2.24) is 0 Å². The molecule has 5 heteroatoms. The number of phenolic OH excluding ortho intramolecular Hbond substituents is 1. The smallest absolute Gasteiger partial charge is 0.119 e. The van der Waals surface area contributed by atoms with Gasteiger partial charge in [-0.15, -0.1) is 23.7 Å². The van der Waals surface area contributed by atoms with Gasteiger partial charge in [-0.3, -0.25) is 0 Å². The highest BCUT2D eigenvalue weighted by molar-refractivity contribution is 7.09. The van der Waals surface area contributed by atoms with Crippen LogP contribution in [0.2, 0.25) is 0 Å². The van der Waals surface area contributed by atoms with Crippen molar-refractivity contribution in [3.05, 3.63) is 56.9 Å². The van der Waals surface area contributed by atoms with Crippen molar-refractivity contribution in [3.63, 3.8) is 0 Å². The standard InChI is InChI=1S/C19H25NO2S.ClH/c1-2-11-20(22,12-10-17-6-4-13-23-17)16-8-9-18-15(14-16)5-3-7-19(18)21;/h3-7,13,16,21H,2,8-12,14H2,1H3;1H/t16-,20?;/m0./s1. The van der Waals surface area contributed by atoms with Crippen molar-refractivity contribution >= 4 is 23.7 Å². The molecule has 0 amide bonds. The molecule has 0 aliphatic heterocycles. The minimum Gasteiger partial charge on any atom is -0.633 e. The third kappa shape index (κ3) is 4.12. The first-order valence-electron chi connectivity index (χ1n) is 8.52. The van der Waals surface area contributed by atoms with Crippen molar-refractivity contribution in [3.8, 4) is 5.75 Å². The van der Waals surface area contributed by atoms with Crippen molar-refractivity contribution < 1.29 is 9.75 Å². The van der Waals surface area contributed by atoms with Crippen LogP contribution in [0.25, 0.3) is 0 Å². The van der Waals surface area contributed by atoms with Crippen LogP contribution in [0.5, 0.6) is 5.75 Å². The molecule has 0 saturated heterocycles. The maximum Gasteiger partial charge on any atom is 0.119 e. The summed E-state index contributed by atoms with van der Waals surface area (Å²) >= 11 is 1.74. The predicted molar refractivity (Wildman–Crippen MR) is 103 cm³/mol. The summed E-state index contributed by atoms with van der Waals surface area (Å²) in [6, 6.07) is 10.00. The fourth-order valence-corrected chi connectivity index (χ4v) is 4.48. The van der Waals surface area contributed by atoms with E-state index in [0.717, 1.165) is 43.2 Å². The zero-order valence-corrected chi connectivity index (χ0v) is 15.7. The molecule has 1 aliphatic carbocycles. The summed E-state index contributed by atoms with van der Waals surface area (Å²) in [6.45, 7) is 3.44. The van der Waals surface area contributed by atoms with Crippen molar-refractivity contribution in [1.29, 1.82) is 0 Å². The van der Waals surface area contributed by atoms with Gasteiger partial charge in [-0.05, 0) is 41.5 Å². The summed E-state index contributed by atoms with van der Waals surface area (Å²) < 4.78 is -0.0938. The Labute approximate surface area is 154 Å². The van der Waals surface area contributed by atoms with Crippen molar-refractivity contribution in [2.24, 2.45) is 0 Å². The van der Waals surface area contributed by atoms with Crippen LogP contribution in [-0.2, 0) is 19.3 Å². The van der Waals surface area contributed by atoms with Gasteiger partial charge >= 0.3 is 0 Å². The first-order chi connectivity index (χ1) is 11.1. The number of hydrogen-bond donors (Lipinski definition) is 1. The molecule has 24 heavy (non-hydrogen) atoms. The number of hydrogen-bond acceptors (Lipinski definition) is 3. The van der Waals surface area contributed by atoms with E-state index in [4.69, 9.17) is 0 Å². The minimum absolute atomic E-state index is 0. The number of benzene rings is 1. The minimum atomic E-state index is -0.0938. The van der Waals surface area contributed by atoms with Crippen molar-refractivity contribution in [2.45, 2.75) is 45.1 Å². The molecule has 3 rings (SSSR count). The number of thiophene rings is 1. The van der Waals surface area contributed by atoms with Gasteiger partial charge in [0.2, 0.25) is 0 Å². The lowest BCUT2D eigenvalue weighted by molar-refractivity contribution is -0.906. The third-order valence-electron chi connectivity index (χ3n) is 5.02. The summed E-state index contributed by atoms with van der Waals surface area (Å²) in [6.07, 6.45) is 4.26. The van der Waals surface area contributed by atoms with Crippen LogP contribution in [0.15, 0.2) is 35.7 Å². The normalized spacial score (nSPS) is 19.2. The molecule has 1 heterocycles. The zero-order valence-electron chi connectivity index (χ0n) is 14.1. The molecule has 0 fully saturated rings. The van der Waals surface area contributed by atoms with Gasteiger partial charge in [0.25, 0.3) is 0 Å². The molecular weight excluding hydrogens is 342 g/mol. The van der Waals surface area contributed by atoms with Gasteiger partial charge < -0.3 is 15.0 Å². The molecule has 2 aromatic rings. The molecule has 0 bridgehead atoms. The summed E-state index contributed by atoms with van der Waals surface area (Å²) in [5.74, 6) is 0.388. The fourth-order valence-electron chi connectivity index (χ4n) is 3.78. The van der Waals surface area contributed by atoms with Gasteiger partial charge in [0.05, 0.1) is 19.1 Å². The van der Waals surface area contributed by atoms with Crippen LogP contribution in [-0.4, -0.2) is 28.9 Å². The van der Waals surface area contributed by atoms with Gasteiger partial charge in [0.1, 0.15) is 5.75 Å². The highest BCUT2D eigenvalue weighted by Crippen LogP contribution is 2.33. The highest BCUT2D eigenvalue weighted by atomic mass is 35.5. The number of phenols is 1. The first-order valence-corrected chi connectivity index (χ1v) is 9.40. The Hall–Kier alpha value is -1.07. The topological polar surface area (TPSA) is 43.3 Å². The third-order valence-corrected chi connectivity index (χ3v) is 5.95. The average molecular weight is 368 g/mol. The molecule has 0 radical (unpaired) electrons. The SMILES string of the molecule is CCC[N+]([O-])(CCc1cccs1)[C@H]1CCc2c(O)cccc2C1.Cl. The Morgan fingerprint density at radius 1 is 1.25 bits per heavy atom. The van der Waals surface area contributed by atoms with E-state index >= 15 is 0 Å². The maximum absolute atomic E-state index is 13.5. The lowest BCUT2D eigenvalue weighted by atomic mass is 9.86. The van der Waals surface area contributed by atoms with E-state index in [1.54, 1.807) is 17.4 Å². The zero-order chi connectivity index (χ0) is 16.3. The second kappa shape index (κ2) is 8.34. The van der Waals surface area contributed by atoms with Crippen LogP contribution in [0.1, 0.15) is 35.8 Å². The van der Waals surface area contributed by atoms with E-state index < -0.39 is 0 Å². The molecule has 1 N–H and O–H groups in total. The van der Waals surface area contributed by atoms with E-state index in [2.05, 4.69) is 30.5 Å². The highest BCUT2D eigenvalue weighted by Gasteiger charge is 2.32. The van der Waals surface area contributed by atoms with E-state index in [0.29, 0.717) is 18.8 Å². The quantitative estimate of drug-likeness (QED) is 0.594. The largest absolute Gasteiger partial charge is 0.633 e. The van der Waals surface area contributed by atoms with Gasteiger partial charge in [-0.25, -0.2) is 0 Å². The molecule has 2 atom stereocenters. The summed E-state index contributed by atoms with van der Waals surface area (Å²) in [5, 5.41) is 25.6. The second-order valence-electron chi connectivity index (χ2n) is 6.54. The number of aromatic hydroxyl groups is 1. The van der Waals surface area contributed by atoms with Crippen LogP contribution in [0.4, 0.5) is 0 Å². The number of fused-ring (bicyclic) bond motifs is 1. The van der Waals surface area contributed by atoms with Gasteiger partial charge in [-0.2, -0.15) is 0 Å². The Morgan fingerprint density at radius 2 is 2.08 bits per heavy atom. The first kappa shape index (κ1) is 19.3. The van der Waals surface area contributed by atoms with E-state index in [1.807, 2.05) is 6.07 Å². The number of halogens is 1. The number of rotatable bonds is 6. The maximum atomic E-state index is 13.5. The average Bonchev–Trinajstić information content (AvgIpc) is 3.07. The fraction of sp³-hybridized carbons (Fsp3) is 0.474. The second-order valence-corrected chi connectivity index (χ2v) is 7.57. The molecule has 132 valence electrons. The monoisotopic (exact) mass is 367 g/mol. The van der Waals surface area contributed by atoms with Crippen LogP contribution < -0.4 is 0 Å². The summed E-state index contributed by atoms with van der Waals surface area (Å²) in [7, 11) is 0. The summed E-state index contributed by atoms with van der Waals surface area (Å²) in [5.41, 5.74) is 2.21. The molecule has 0 spiro atoms. The Bertz CT molecular complexity index is 647. The van der Waals surface area contributed by atoms with Gasteiger partial charge in [0, 0.05) is 24.1 Å². The predicted octanol–water partition coefficient (Wildman–Crippen LogP) is 4.70. The van der Waals surface area contributed by atoms with E-state index in [-0.39, 0.29) is 23.1 Å². The van der Waals surface area contributed by atoms with E-state index in [9.17, 15) is 10.3 Å². The summed E-state index contributed by atoms with van der Waals surface area (Å²) in [4.78, 5) is 1.30. The number of nitrogens with zero attached hydrogens (tertiary/aromatic N) is 1. The Kier molecular flexibility index (Phi) is 6.70. The Balaban J connectivity index is 0.00000208. The molecule has 0 saturated carbocycles. The van der Waals surface area contributed by atoms with Crippen molar-refractivity contribution in [2.75, 3.05) is 13.1 Å². The van der Waals surface area contributed by atoms with Crippen LogP contribution in [0, 0.1) is 5.21 Å². The number of hydroxylamine groups is 3. The molecule has 1 aromatic heterocycles.